The van der Waals surface area contributed by atoms with E-state index in [1.165, 1.54) is 51.4 Å². The van der Waals surface area contributed by atoms with Crippen LogP contribution in [0.1, 0.15) is 103 Å². The van der Waals surface area contributed by atoms with E-state index in [1.807, 2.05) is 0 Å². The van der Waals surface area contributed by atoms with E-state index in [4.69, 9.17) is 27.4 Å². The normalized spacial score (nSPS) is 12.5. The van der Waals surface area contributed by atoms with Gasteiger partial charge in [0.15, 0.2) is 0 Å². The van der Waals surface area contributed by atoms with E-state index in [0.717, 1.165) is 32.2 Å². The number of rotatable bonds is 22. The minimum Gasteiger partial charge on any atom is -0.480 e. The summed E-state index contributed by atoms with van der Waals surface area (Å²) in [5.41, 5.74) is 21.1. The molecule has 33 heavy (non-hydrogen) atoms. The van der Waals surface area contributed by atoms with Crippen molar-refractivity contribution in [2.45, 2.75) is 115 Å². The van der Waals surface area contributed by atoms with Crippen molar-refractivity contribution in [3.05, 3.63) is 0 Å². The Morgan fingerprint density at radius 1 is 0.788 bits per heavy atom. The van der Waals surface area contributed by atoms with Crippen molar-refractivity contribution >= 4 is 17.8 Å². The Morgan fingerprint density at radius 2 is 1.33 bits per heavy atom. The molecule has 0 aliphatic heterocycles. The molecule has 0 aromatic heterocycles. The Morgan fingerprint density at radius 3 is 1.79 bits per heavy atom. The topological polar surface area (TPSA) is 194 Å². The van der Waals surface area contributed by atoms with Crippen LogP contribution in [-0.4, -0.2) is 53.2 Å². The third kappa shape index (κ3) is 26.4. The maximum absolute atomic E-state index is 11.0. The first-order chi connectivity index (χ1) is 15.8. The lowest BCUT2D eigenvalue weighted by Gasteiger charge is -2.14. The van der Waals surface area contributed by atoms with Crippen LogP contribution in [0.15, 0.2) is 0 Å². The number of nitrogens with one attached hydrogen (secondary N) is 2. The van der Waals surface area contributed by atoms with Crippen LogP contribution >= 0.6 is 0 Å². The summed E-state index contributed by atoms with van der Waals surface area (Å²) in [4.78, 5) is 31.8. The molecule has 0 heterocycles. The van der Waals surface area contributed by atoms with Gasteiger partial charge in [0.05, 0.1) is 0 Å². The first-order valence-corrected chi connectivity index (χ1v) is 12.4. The summed E-state index contributed by atoms with van der Waals surface area (Å²) in [6.45, 7) is 3.57. The van der Waals surface area contributed by atoms with Crippen molar-refractivity contribution < 1.29 is 24.6 Å². The molecule has 196 valence electrons. The molecule has 0 aromatic rings. The highest BCUT2D eigenvalue weighted by Crippen LogP contribution is 2.10. The van der Waals surface area contributed by atoms with Crippen molar-refractivity contribution in [1.29, 1.82) is 0 Å². The number of nitrogens with two attached hydrogens (primary N) is 3. The number of carboxylic acids is 2. The molecule has 0 radical (unpaired) electrons. The van der Waals surface area contributed by atoms with Gasteiger partial charge in [-0.15, -0.1) is 0 Å². The second kappa shape index (κ2) is 24.9. The first-order valence-electron chi connectivity index (χ1n) is 12.4. The number of primary amides is 1. The van der Waals surface area contributed by atoms with Crippen LogP contribution in [0.4, 0.5) is 0 Å². The van der Waals surface area contributed by atoms with E-state index in [1.54, 1.807) is 0 Å². The summed E-state index contributed by atoms with van der Waals surface area (Å²) in [6, 6.07) is -1.49. The number of hydrogen-bond donors (Lipinski definition) is 7. The fourth-order valence-electron chi connectivity index (χ4n) is 3.07. The van der Waals surface area contributed by atoms with Crippen LogP contribution < -0.4 is 28.1 Å². The molecule has 2 unspecified atom stereocenters. The lowest BCUT2D eigenvalue weighted by atomic mass is 10.1. The number of carbonyl (C=O) groups excluding carboxylic acids is 1. The molecule has 0 saturated heterocycles. The largest absolute Gasteiger partial charge is 0.480 e. The van der Waals surface area contributed by atoms with E-state index < -0.39 is 29.9 Å². The molecule has 10 nitrogen and oxygen atoms in total. The summed E-state index contributed by atoms with van der Waals surface area (Å²) in [5, 5.41) is 17.3. The van der Waals surface area contributed by atoms with Crippen LogP contribution in [0.5, 0.6) is 0 Å². The second-order valence-electron chi connectivity index (χ2n) is 8.38. The highest BCUT2D eigenvalue weighted by molar-refractivity contribution is 5.77. The maximum Gasteiger partial charge on any atom is 0.322 e. The predicted molar refractivity (Wildman–Crippen MR) is 131 cm³/mol. The lowest BCUT2D eigenvalue weighted by Crippen LogP contribution is -2.46. The highest BCUT2D eigenvalue weighted by Gasteiger charge is 2.16. The van der Waals surface area contributed by atoms with Gasteiger partial charge < -0.3 is 27.4 Å². The Labute approximate surface area is 199 Å². The Balaban J connectivity index is 0. The fraction of sp³-hybridized carbons (Fsp3) is 0.870. The quantitative estimate of drug-likeness (QED) is 0.0907. The zero-order valence-electron chi connectivity index (χ0n) is 20.5. The van der Waals surface area contributed by atoms with E-state index in [-0.39, 0.29) is 12.8 Å². The van der Waals surface area contributed by atoms with Gasteiger partial charge in [0.1, 0.15) is 12.1 Å². The van der Waals surface area contributed by atoms with Crippen molar-refractivity contribution in [3.8, 4) is 0 Å². The average molecular weight is 476 g/mol. The van der Waals surface area contributed by atoms with Crippen molar-refractivity contribution in [3.63, 3.8) is 0 Å². The van der Waals surface area contributed by atoms with Crippen LogP contribution in [0.25, 0.3) is 0 Å². The summed E-state index contributed by atoms with van der Waals surface area (Å²) < 4.78 is 0. The third-order valence-electron chi connectivity index (χ3n) is 5.20. The van der Waals surface area contributed by atoms with Gasteiger partial charge in [0.25, 0.3) is 0 Å². The van der Waals surface area contributed by atoms with Gasteiger partial charge in [-0.1, -0.05) is 71.1 Å². The molecule has 0 spiro atoms. The van der Waals surface area contributed by atoms with Gasteiger partial charge in [-0.2, -0.15) is 0 Å². The van der Waals surface area contributed by atoms with E-state index in [2.05, 4.69) is 17.8 Å². The number of carbonyl (C=O) groups is 3. The van der Waals surface area contributed by atoms with Gasteiger partial charge in [-0.25, -0.2) is 5.43 Å². The Hall–Kier alpha value is -1.75. The molecule has 0 rings (SSSR count). The Kier molecular flexibility index (Phi) is 25.2. The van der Waals surface area contributed by atoms with Gasteiger partial charge in [0.2, 0.25) is 5.91 Å². The van der Waals surface area contributed by atoms with E-state index in [0.29, 0.717) is 13.0 Å². The number of carboxylic acid groups (broad SMARTS) is 2. The van der Waals surface area contributed by atoms with Crippen molar-refractivity contribution in [2.75, 3.05) is 13.1 Å². The van der Waals surface area contributed by atoms with Crippen LogP contribution in [0, 0.1) is 0 Å². The zero-order valence-corrected chi connectivity index (χ0v) is 20.5. The van der Waals surface area contributed by atoms with E-state index >= 15 is 0 Å². The zero-order chi connectivity index (χ0) is 25.3. The summed E-state index contributed by atoms with van der Waals surface area (Å²) >= 11 is 0. The summed E-state index contributed by atoms with van der Waals surface area (Å²) in [5.74, 6) is -2.38. The number of unbranched alkanes of at least 4 members (excludes halogenated alkanes) is 10. The molecular weight excluding hydrogens is 426 g/mol. The standard InChI is InChI=1S/C17H35N3O3.C6H14N2O2/c1-2-3-4-5-6-7-8-9-10-11-14-19-20-15(17(22)23)12-13-16(18)21;7-4-2-1-3-5(8)6(9)10/h15,19-20H,2-14H2,1H3,(H2,18,21)(H,22,23);5H,1-4,7-8H2,(H,9,10). The molecule has 2 atom stereocenters. The van der Waals surface area contributed by atoms with Crippen molar-refractivity contribution in [1.82, 2.24) is 10.9 Å². The monoisotopic (exact) mass is 475 g/mol. The maximum atomic E-state index is 11.0. The number of amides is 1. The summed E-state index contributed by atoms with van der Waals surface area (Å²) in [7, 11) is 0. The third-order valence-corrected chi connectivity index (χ3v) is 5.20. The van der Waals surface area contributed by atoms with Crippen LogP contribution in [0.2, 0.25) is 0 Å². The molecule has 10 heteroatoms. The van der Waals surface area contributed by atoms with E-state index in [9.17, 15) is 14.4 Å². The van der Waals surface area contributed by atoms with Gasteiger partial charge >= 0.3 is 11.9 Å². The molecule has 10 N–H and O–H groups in total. The van der Waals surface area contributed by atoms with Crippen molar-refractivity contribution in [2.24, 2.45) is 17.2 Å². The molecule has 0 saturated carbocycles. The van der Waals surface area contributed by atoms with Crippen LogP contribution in [-0.2, 0) is 14.4 Å². The predicted octanol–water partition coefficient (Wildman–Crippen LogP) is 2.25. The smallest absolute Gasteiger partial charge is 0.322 e. The number of aliphatic carboxylic acids is 2. The first kappa shape index (κ1) is 33.4. The summed E-state index contributed by atoms with van der Waals surface area (Å²) in [6.07, 6.45) is 15.2. The molecule has 0 bridgehead atoms. The molecule has 0 aliphatic rings. The Bertz CT molecular complexity index is 494. The molecule has 0 fully saturated rings. The highest BCUT2D eigenvalue weighted by atomic mass is 16.4. The molecule has 0 aliphatic carbocycles. The number of hydrogen-bond acceptors (Lipinski definition) is 7. The van der Waals surface area contributed by atoms with Gasteiger partial charge in [0, 0.05) is 13.0 Å². The van der Waals surface area contributed by atoms with Gasteiger partial charge in [-0.3, -0.25) is 19.8 Å². The second-order valence-corrected chi connectivity index (χ2v) is 8.38. The molecule has 1 amide bonds. The number of hydrazine groups is 1. The van der Waals surface area contributed by atoms with Crippen LogP contribution in [0.3, 0.4) is 0 Å². The minimum atomic E-state index is -0.971. The van der Waals surface area contributed by atoms with Gasteiger partial charge in [-0.05, 0) is 32.2 Å². The minimum absolute atomic E-state index is 0.0733. The fourth-order valence-corrected chi connectivity index (χ4v) is 3.07. The molecule has 0 aromatic carbocycles. The SMILES string of the molecule is CCCCCCCCCCCCNNC(CCC(N)=O)C(=O)O.NCCCCC(N)C(=O)O. The molecular formula is C23H49N5O5. The average Bonchev–Trinajstić information content (AvgIpc) is 2.76. The lowest BCUT2D eigenvalue weighted by molar-refractivity contribution is -0.140.